The zero-order chi connectivity index (χ0) is 12.3. The molecule has 1 atom stereocenters. The summed E-state index contributed by atoms with van der Waals surface area (Å²) in [6, 6.07) is 1.89. The first-order chi connectivity index (χ1) is 8.24. The molecule has 0 spiro atoms. The largest absolute Gasteiger partial charge is 0.380 e. The average molecular weight is 256 g/mol. The molecule has 2 rings (SSSR count). The fourth-order valence-corrected chi connectivity index (χ4v) is 2.45. The van der Waals surface area contributed by atoms with Gasteiger partial charge >= 0.3 is 0 Å². The summed E-state index contributed by atoms with van der Waals surface area (Å²) in [5.74, 6) is 0.839. The molecule has 4 nitrogen and oxygen atoms in total. The summed E-state index contributed by atoms with van der Waals surface area (Å²) in [6.45, 7) is 2.30. The number of hydrogen-bond acceptors (Lipinski definition) is 4. The fraction of sp³-hybridized carbons (Fsp3) is 0.583. The maximum absolute atomic E-state index is 6.23. The maximum atomic E-state index is 6.23. The Kier molecular flexibility index (Phi) is 4.20. The van der Waals surface area contributed by atoms with Gasteiger partial charge in [0.25, 0.3) is 0 Å². The first kappa shape index (κ1) is 12.6. The van der Waals surface area contributed by atoms with E-state index in [2.05, 4.69) is 9.88 Å². The molecule has 1 aliphatic rings. The Hall–Kier alpha value is -0.840. The normalized spacial score (nSPS) is 20.6. The van der Waals surface area contributed by atoms with Crippen LogP contribution in [0.4, 0.5) is 5.82 Å². The van der Waals surface area contributed by atoms with Crippen LogP contribution in [0.2, 0.25) is 5.02 Å². The molecule has 17 heavy (non-hydrogen) atoms. The monoisotopic (exact) mass is 255 g/mol. The third-order valence-corrected chi connectivity index (χ3v) is 3.40. The van der Waals surface area contributed by atoms with Crippen molar-refractivity contribution in [2.45, 2.75) is 25.5 Å². The molecule has 1 fully saturated rings. The Bertz CT molecular complexity index is 386. The van der Waals surface area contributed by atoms with Crippen LogP contribution in [0.1, 0.15) is 18.4 Å². The minimum atomic E-state index is 0.274. The zero-order valence-electron chi connectivity index (χ0n) is 10.0. The number of halogens is 1. The Labute approximate surface area is 107 Å². The zero-order valence-corrected chi connectivity index (χ0v) is 10.8. The lowest BCUT2D eigenvalue weighted by Gasteiger charge is -2.33. The van der Waals surface area contributed by atoms with Crippen LogP contribution in [0.5, 0.6) is 0 Å². The standard InChI is InChI=1S/C12H18ClN3O/c1-17-10-3-2-4-16(8-10)12-11(13)5-9(6-14)7-15-12/h5,7,10H,2-4,6,8,14H2,1H3. The first-order valence-corrected chi connectivity index (χ1v) is 6.24. The molecule has 2 heterocycles. The number of nitrogens with zero attached hydrogens (tertiary/aromatic N) is 2. The van der Waals surface area contributed by atoms with Crippen molar-refractivity contribution in [1.82, 2.24) is 4.98 Å². The molecule has 5 heteroatoms. The summed E-state index contributed by atoms with van der Waals surface area (Å²) >= 11 is 6.23. The molecule has 1 unspecified atom stereocenters. The summed E-state index contributed by atoms with van der Waals surface area (Å²) in [5, 5.41) is 0.671. The third-order valence-electron chi connectivity index (χ3n) is 3.13. The number of ether oxygens (including phenoxy) is 1. The summed E-state index contributed by atoms with van der Waals surface area (Å²) in [6.07, 6.45) is 4.27. The van der Waals surface area contributed by atoms with Gasteiger partial charge in [-0.3, -0.25) is 0 Å². The van der Waals surface area contributed by atoms with Crippen LogP contribution in [0, 0.1) is 0 Å². The molecule has 1 aromatic heterocycles. The van der Waals surface area contributed by atoms with Gasteiger partial charge in [-0.05, 0) is 24.5 Å². The topological polar surface area (TPSA) is 51.4 Å². The lowest BCUT2D eigenvalue weighted by atomic mass is 10.1. The molecule has 1 aromatic rings. The second-order valence-corrected chi connectivity index (χ2v) is 4.71. The van der Waals surface area contributed by atoms with Crippen molar-refractivity contribution in [3.8, 4) is 0 Å². The van der Waals surface area contributed by atoms with E-state index in [0.717, 1.165) is 37.3 Å². The second-order valence-electron chi connectivity index (χ2n) is 4.30. The molecule has 1 aliphatic heterocycles. The van der Waals surface area contributed by atoms with Gasteiger partial charge < -0.3 is 15.4 Å². The van der Waals surface area contributed by atoms with E-state index in [0.29, 0.717) is 11.6 Å². The van der Waals surface area contributed by atoms with Crippen LogP contribution in [0.25, 0.3) is 0 Å². The van der Waals surface area contributed by atoms with E-state index in [1.165, 1.54) is 0 Å². The number of aromatic nitrogens is 1. The molecular weight excluding hydrogens is 238 g/mol. The Morgan fingerprint density at radius 3 is 3.12 bits per heavy atom. The van der Waals surface area contributed by atoms with Crippen molar-refractivity contribution in [1.29, 1.82) is 0 Å². The van der Waals surface area contributed by atoms with Gasteiger partial charge in [0.1, 0.15) is 5.82 Å². The van der Waals surface area contributed by atoms with Crippen LogP contribution < -0.4 is 10.6 Å². The molecule has 94 valence electrons. The summed E-state index contributed by atoms with van der Waals surface area (Å²) < 4.78 is 5.40. The molecular formula is C12H18ClN3O. The van der Waals surface area contributed by atoms with E-state index in [-0.39, 0.29) is 6.10 Å². The van der Waals surface area contributed by atoms with E-state index in [4.69, 9.17) is 22.1 Å². The van der Waals surface area contributed by atoms with Gasteiger partial charge in [-0.1, -0.05) is 11.6 Å². The van der Waals surface area contributed by atoms with Gasteiger partial charge in [-0.15, -0.1) is 0 Å². The summed E-state index contributed by atoms with van der Waals surface area (Å²) in [7, 11) is 1.75. The highest BCUT2D eigenvalue weighted by Gasteiger charge is 2.22. The number of pyridine rings is 1. The van der Waals surface area contributed by atoms with Crippen molar-refractivity contribution in [2.24, 2.45) is 5.73 Å². The summed E-state index contributed by atoms with van der Waals surface area (Å²) in [5.41, 5.74) is 6.52. The van der Waals surface area contributed by atoms with Crippen LogP contribution in [0.3, 0.4) is 0 Å². The lowest BCUT2D eigenvalue weighted by molar-refractivity contribution is 0.0891. The number of piperidine rings is 1. The number of anilines is 1. The predicted molar refractivity (Wildman–Crippen MR) is 69.4 cm³/mol. The van der Waals surface area contributed by atoms with Crippen LogP contribution >= 0.6 is 11.6 Å². The van der Waals surface area contributed by atoms with Crippen molar-refractivity contribution in [3.63, 3.8) is 0 Å². The number of methoxy groups -OCH3 is 1. The lowest BCUT2D eigenvalue weighted by Crippen LogP contribution is -2.39. The SMILES string of the molecule is COC1CCCN(c2ncc(CN)cc2Cl)C1. The van der Waals surface area contributed by atoms with E-state index in [1.54, 1.807) is 13.3 Å². The highest BCUT2D eigenvalue weighted by molar-refractivity contribution is 6.33. The van der Waals surface area contributed by atoms with Gasteiger partial charge in [0.05, 0.1) is 11.1 Å². The molecule has 0 saturated carbocycles. The third kappa shape index (κ3) is 2.89. The maximum Gasteiger partial charge on any atom is 0.147 e. The molecule has 0 aliphatic carbocycles. The highest BCUT2D eigenvalue weighted by atomic mass is 35.5. The Balaban J connectivity index is 2.16. The predicted octanol–water partition coefficient (Wildman–Crippen LogP) is 1.81. The molecule has 2 N–H and O–H groups in total. The smallest absolute Gasteiger partial charge is 0.147 e. The number of nitrogens with two attached hydrogens (primary N) is 1. The van der Waals surface area contributed by atoms with Gasteiger partial charge in [-0.2, -0.15) is 0 Å². The fourth-order valence-electron chi connectivity index (χ4n) is 2.14. The minimum absolute atomic E-state index is 0.274. The van der Waals surface area contributed by atoms with Crippen molar-refractivity contribution in [2.75, 3.05) is 25.1 Å². The van der Waals surface area contributed by atoms with E-state index < -0.39 is 0 Å². The number of hydrogen-bond donors (Lipinski definition) is 1. The van der Waals surface area contributed by atoms with Crippen LogP contribution in [-0.2, 0) is 11.3 Å². The van der Waals surface area contributed by atoms with Gasteiger partial charge in [0.2, 0.25) is 0 Å². The second kappa shape index (κ2) is 5.67. The number of rotatable bonds is 3. The average Bonchev–Trinajstić information content (AvgIpc) is 2.38. The van der Waals surface area contributed by atoms with E-state index in [1.807, 2.05) is 6.07 Å². The van der Waals surface area contributed by atoms with E-state index >= 15 is 0 Å². The molecule has 1 saturated heterocycles. The first-order valence-electron chi connectivity index (χ1n) is 5.87. The highest BCUT2D eigenvalue weighted by Crippen LogP contribution is 2.27. The van der Waals surface area contributed by atoms with Gasteiger partial charge in [0, 0.05) is 32.9 Å². The molecule has 0 amide bonds. The van der Waals surface area contributed by atoms with Crippen molar-refractivity contribution >= 4 is 17.4 Å². The van der Waals surface area contributed by atoms with Crippen LogP contribution in [0.15, 0.2) is 12.3 Å². The molecule has 0 bridgehead atoms. The van der Waals surface area contributed by atoms with E-state index in [9.17, 15) is 0 Å². The van der Waals surface area contributed by atoms with Crippen LogP contribution in [-0.4, -0.2) is 31.3 Å². The quantitative estimate of drug-likeness (QED) is 0.895. The van der Waals surface area contributed by atoms with Gasteiger partial charge in [-0.25, -0.2) is 4.98 Å². The molecule has 0 aromatic carbocycles. The van der Waals surface area contributed by atoms with Gasteiger partial charge in [0.15, 0.2) is 0 Å². The molecule has 0 radical (unpaired) electrons. The Morgan fingerprint density at radius 1 is 1.65 bits per heavy atom. The Morgan fingerprint density at radius 2 is 2.47 bits per heavy atom. The van der Waals surface area contributed by atoms with Crippen molar-refractivity contribution in [3.05, 3.63) is 22.8 Å². The minimum Gasteiger partial charge on any atom is -0.380 e. The van der Waals surface area contributed by atoms with Crippen molar-refractivity contribution < 1.29 is 4.74 Å². The summed E-state index contributed by atoms with van der Waals surface area (Å²) in [4.78, 5) is 6.58.